The molecule has 0 aliphatic carbocycles. The Balaban J connectivity index is 3.06. The molecule has 0 radical (unpaired) electrons. The highest BCUT2D eigenvalue weighted by Crippen LogP contribution is 2.39. The summed E-state index contributed by atoms with van der Waals surface area (Å²) in [6.45, 7) is 3.14. The van der Waals surface area contributed by atoms with E-state index in [2.05, 4.69) is 0 Å². The molecule has 22 heavy (non-hydrogen) atoms. The summed E-state index contributed by atoms with van der Waals surface area (Å²) in [7, 11) is 7.67. The highest BCUT2D eigenvalue weighted by Gasteiger charge is 2.20. The van der Waals surface area contributed by atoms with Gasteiger partial charge in [-0.1, -0.05) is 12.1 Å². The van der Waals surface area contributed by atoms with Crippen LogP contribution in [0.2, 0.25) is 0 Å². The quantitative estimate of drug-likeness (QED) is 0.811. The number of hydrogen-bond donors (Lipinski definition) is 0. The van der Waals surface area contributed by atoms with Crippen molar-refractivity contribution in [1.82, 2.24) is 0 Å². The second-order valence-electron chi connectivity index (χ2n) is 5.92. The van der Waals surface area contributed by atoms with Crippen LogP contribution in [0.25, 0.3) is 10.8 Å². The fourth-order valence-electron chi connectivity index (χ4n) is 2.88. The lowest BCUT2D eigenvalue weighted by Gasteiger charge is -2.25. The van der Waals surface area contributed by atoms with E-state index in [9.17, 15) is 9.59 Å². The second kappa shape index (κ2) is 5.79. The third-order valence-corrected chi connectivity index (χ3v) is 3.78. The Hall–Kier alpha value is -2.36. The largest absolute Gasteiger partial charge is 0.377 e. The fourth-order valence-corrected chi connectivity index (χ4v) is 2.88. The van der Waals surface area contributed by atoms with E-state index in [0.717, 1.165) is 22.1 Å². The molecule has 0 saturated heterocycles. The van der Waals surface area contributed by atoms with Crippen LogP contribution in [-0.4, -0.2) is 39.8 Å². The standard InChI is InChI=1S/C18H22N2O2/c1-11(21)14-9-7-13-8-10-15(12(2)22)18(20(5)6)16(13)17(14)19(3)4/h7-10H,1-6H3. The average molecular weight is 298 g/mol. The first kappa shape index (κ1) is 16.0. The summed E-state index contributed by atoms with van der Waals surface area (Å²) in [5.41, 5.74) is 3.05. The monoisotopic (exact) mass is 298 g/mol. The molecule has 0 aliphatic heterocycles. The number of benzene rings is 2. The minimum atomic E-state index is 0.0172. The Bertz CT molecular complexity index is 701. The first-order valence-corrected chi connectivity index (χ1v) is 7.22. The number of nitrogens with zero attached hydrogens (tertiary/aromatic N) is 2. The van der Waals surface area contributed by atoms with Gasteiger partial charge in [0.2, 0.25) is 0 Å². The predicted octanol–water partition coefficient (Wildman–Crippen LogP) is 3.38. The molecule has 0 spiro atoms. The highest BCUT2D eigenvalue weighted by molar-refractivity contribution is 6.17. The van der Waals surface area contributed by atoms with Gasteiger partial charge in [-0.05, 0) is 31.4 Å². The van der Waals surface area contributed by atoms with Crippen molar-refractivity contribution in [2.75, 3.05) is 38.0 Å². The molecule has 2 rings (SSSR count). The van der Waals surface area contributed by atoms with Crippen LogP contribution in [0.4, 0.5) is 11.4 Å². The van der Waals surface area contributed by atoms with Crippen LogP contribution in [0.5, 0.6) is 0 Å². The van der Waals surface area contributed by atoms with E-state index in [1.54, 1.807) is 13.8 Å². The maximum absolute atomic E-state index is 12.0. The van der Waals surface area contributed by atoms with Crippen LogP contribution in [0.15, 0.2) is 24.3 Å². The molecule has 0 amide bonds. The lowest BCUT2D eigenvalue weighted by molar-refractivity contribution is 0.101. The van der Waals surface area contributed by atoms with Crippen LogP contribution >= 0.6 is 0 Å². The van der Waals surface area contributed by atoms with E-state index >= 15 is 0 Å². The van der Waals surface area contributed by atoms with Gasteiger partial charge in [0.1, 0.15) is 0 Å². The summed E-state index contributed by atoms with van der Waals surface area (Å²) in [6.07, 6.45) is 0. The molecule has 0 aromatic heterocycles. The molecular weight excluding hydrogens is 276 g/mol. The third-order valence-electron chi connectivity index (χ3n) is 3.78. The number of hydrogen-bond acceptors (Lipinski definition) is 4. The van der Waals surface area contributed by atoms with Gasteiger partial charge in [0, 0.05) is 44.7 Å². The lowest BCUT2D eigenvalue weighted by atomic mass is 9.95. The minimum Gasteiger partial charge on any atom is -0.377 e. The van der Waals surface area contributed by atoms with E-state index in [4.69, 9.17) is 0 Å². The van der Waals surface area contributed by atoms with E-state index in [1.165, 1.54) is 0 Å². The van der Waals surface area contributed by atoms with Gasteiger partial charge in [-0.25, -0.2) is 0 Å². The van der Waals surface area contributed by atoms with E-state index in [1.807, 2.05) is 62.3 Å². The number of carbonyl (C=O) groups excluding carboxylic acids is 2. The maximum Gasteiger partial charge on any atom is 0.161 e. The van der Waals surface area contributed by atoms with Crippen molar-refractivity contribution in [2.45, 2.75) is 13.8 Å². The number of ketones is 2. The average Bonchev–Trinajstić information content (AvgIpc) is 2.43. The van der Waals surface area contributed by atoms with Gasteiger partial charge in [0.05, 0.1) is 11.4 Å². The van der Waals surface area contributed by atoms with Gasteiger partial charge in [-0.2, -0.15) is 0 Å². The zero-order chi connectivity index (χ0) is 16.6. The molecule has 0 N–H and O–H groups in total. The first-order chi connectivity index (χ1) is 10.3. The van der Waals surface area contributed by atoms with Crippen molar-refractivity contribution >= 4 is 33.7 Å². The topological polar surface area (TPSA) is 40.6 Å². The molecule has 4 nitrogen and oxygen atoms in total. The Morgan fingerprint density at radius 2 is 1.09 bits per heavy atom. The van der Waals surface area contributed by atoms with Gasteiger partial charge >= 0.3 is 0 Å². The fraction of sp³-hybridized carbons (Fsp3) is 0.333. The third kappa shape index (κ3) is 2.56. The molecule has 0 aliphatic rings. The lowest BCUT2D eigenvalue weighted by Crippen LogP contribution is -2.18. The van der Waals surface area contributed by atoms with Crippen LogP contribution in [0.3, 0.4) is 0 Å². The molecule has 0 atom stereocenters. The molecule has 116 valence electrons. The zero-order valence-corrected chi connectivity index (χ0v) is 14.0. The molecule has 0 unspecified atom stereocenters. The summed E-state index contributed by atoms with van der Waals surface area (Å²) >= 11 is 0. The molecule has 0 fully saturated rings. The van der Waals surface area contributed by atoms with Crippen molar-refractivity contribution in [3.05, 3.63) is 35.4 Å². The van der Waals surface area contributed by atoms with Crippen LogP contribution in [0.1, 0.15) is 34.6 Å². The van der Waals surface area contributed by atoms with Gasteiger partial charge in [-0.15, -0.1) is 0 Å². The molecule has 0 saturated carbocycles. The van der Waals surface area contributed by atoms with Gasteiger partial charge in [-0.3, -0.25) is 9.59 Å². The van der Waals surface area contributed by atoms with Gasteiger partial charge in [0.15, 0.2) is 11.6 Å². The van der Waals surface area contributed by atoms with E-state index in [-0.39, 0.29) is 11.6 Å². The van der Waals surface area contributed by atoms with E-state index < -0.39 is 0 Å². The van der Waals surface area contributed by atoms with Crippen molar-refractivity contribution in [1.29, 1.82) is 0 Å². The molecule has 4 heteroatoms. The van der Waals surface area contributed by atoms with Crippen LogP contribution < -0.4 is 9.80 Å². The molecular formula is C18H22N2O2. The summed E-state index contributed by atoms with van der Waals surface area (Å²) in [5, 5.41) is 1.96. The Morgan fingerprint density at radius 1 is 0.727 bits per heavy atom. The maximum atomic E-state index is 12.0. The Labute approximate surface area is 131 Å². The van der Waals surface area contributed by atoms with Crippen molar-refractivity contribution < 1.29 is 9.59 Å². The summed E-state index contributed by atoms with van der Waals surface area (Å²) < 4.78 is 0. The van der Waals surface area contributed by atoms with Gasteiger partial charge < -0.3 is 9.80 Å². The smallest absolute Gasteiger partial charge is 0.161 e. The number of rotatable bonds is 4. The van der Waals surface area contributed by atoms with Gasteiger partial charge in [0.25, 0.3) is 0 Å². The second-order valence-corrected chi connectivity index (χ2v) is 5.92. The Kier molecular flexibility index (Phi) is 4.22. The number of fused-ring (bicyclic) bond motifs is 1. The van der Waals surface area contributed by atoms with Crippen molar-refractivity contribution in [3.63, 3.8) is 0 Å². The zero-order valence-electron chi connectivity index (χ0n) is 14.0. The van der Waals surface area contributed by atoms with Crippen molar-refractivity contribution in [3.8, 4) is 0 Å². The molecule has 0 bridgehead atoms. The van der Waals surface area contributed by atoms with Crippen molar-refractivity contribution in [2.24, 2.45) is 0 Å². The highest BCUT2D eigenvalue weighted by atomic mass is 16.1. The minimum absolute atomic E-state index is 0.0172. The number of Topliss-reactive ketones (excluding diaryl/α,β-unsaturated/α-hetero) is 2. The molecule has 2 aromatic carbocycles. The SMILES string of the molecule is CC(=O)c1ccc2ccc(C(C)=O)c(N(C)C)c2c1N(C)C. The number of carbonyl (C=O) groups is 2. The Morgan fingerprint density at radius 3 is 1.36 bits per heavy atom. The summed E-state index contributed by atoms with van der Waals surface area (Å²) in [4.78, 5) is 27.9. The van der Waals surface area contributed by atoms with E-state index in [0.29, 0.717) is 11.1 Å². The normalized spacial score (nSPS) is 10.6. The van der Waals surface area contributed by atoms with Crippen LogP contribution in [-0.2, 0) is 0 Å². The molecule has 0 heterocycles. The first-order valence-electron chi connectivity index (χ1n) is 7.22. The van der Waals surface area contributed by atoms with Crippen LogP contribution in [0, 0.1) is 0 Å². The summed E-state index contributed by atoms with van der Waals surface area (Å²) in [6, 6.07) is 7.59. The number of anilines is 2. The predicted molar refractivity (Wildman–Crippen MR) is 92.6 cm³/mol. The summed E-state index contributed by atoms with van der Waals surface area (Å²) in [5.74, 6) is 0.0343. The molecule has 2 aromatic rings.